The first kappa shape index (κ1) is 22.6. The number of anilines is 1. The van der Waals surface area contributed by atoms with Gasteiger partial charge in [-0.25, -0.2) is 14.0 Å². The second kappa shape index (κ2) is 10.2. The zero-order chi connectivity index (χ0) is 21.4. The molecule has 1 aromatic rings. The molecule has 0 bridgehead atoms. The van der Waals surface area contributed by atoms with Gasteiger partial charge in [-0.1, -0.05) is 0 Å². The lowest BCUT2D eigenvalue weighted by Gasteiger charge is -2.37. The monoisotopic (exact) mass is 410 g/mol. The standard InChI is InChI=1S/C20H28FN3O5/c1-4-28-18(26)20(22-15(3)25,19(27)29-5-2)14-23-10-12-24(13-11-23)17-8-6-16(21)7-9-17/h6-9H,4-5,10-14H2,1-3H3,(H,22,25)/p+1. The molecule has 0 saturated carbocycles. The largest absolute Gasteiger partial charge is 0.464 e. The van der Waals surface area contributed by atoms with Crippen molar-refractivity contribution in [3.63, 3.8) is 0 Å². The van der Waals surface area contributed by atoms with Crippen molar-refractivity contribution in [1.82, 2.24) is 5.32 Å². The first-order valence-corrected chi connectivity index (χ1v) is 9.79. The van der Waals surface area contributed by atoms with Crippen molar-refractivity contribution < 1.29 is 33.1 Å². The van der Waals surface area contributed by atoms with Crippen LogP contribution in [0, 0.1) is 5.82 Å². The van der Waals surface area contributed by atoms with E-state index in [4.69, 9.17) is 9.47 Å². The smallest absolute Gasteiger partial charge is 0.349 e. The Morgan fingerprint density at radius 1 is 1.07 bits per heavy atom. The lowest BCUT2D eigenvalue weighted by atomic mass is 9.97. The van der Waals surface area contributed by atoms with Crippen LogP contribution in [0.4, 0.5) is 10.1 Å². The average Bonchev–Trinajstić information content (AvgIpc) is 2.68. The van der Waals surface area contributed by atoms with Crippen molar-refractivity contribution >= 4 is 23.5 Å². The summed E-state index contributed by atoms with van der Waals surface area (Å²) in [5.41, 5.74) is -0.972. The second-order valence-corrected chi connectivity index (χ2v) is 6.92. The SMILES string of the molecule is CCOC(=O)C(C[NH+]1CCN(c2ccc(F)cc2)CC1)(NC(C)=O)C(=O)OCC. The maximum absolute atomic E-state index is 13.1. The zero-order valence-corrected chi connectivity index (χ0v) is 17.1. The van der Waals surface area contributed by atoms with Gasteiger partial charge < -0.3 is 24.6 Å². The van der Waals surface area contributed by atoms with E-state index >= 15 is 0 Å². The maximum Gasteiger partial charge on any atom is 0.349 e. The van der Waals surface area contributed by atoms with Crippen molar-refractivity contribution in [2.75, 3.05) is 50.8 Å². The van der Waals surface area contributed by atoms with Gasteiger partial charge in [0.25, 0.3) is 5.54 Å². The van der Waals surface area contributed by atoms with Crippen molar-refractivity contribution in [1.29, 1.82) is 0 Å². The van der Waals surface area contributed by atoms with Crippen LogP contribution in [0.1, 0.15) is 20.8 Å². The molecule has 0 spiro atoms. The predicted octanol–water partition coefficient (Wildman–Crippen LogP) is -0.468. The molecule has 0 aromatic heterocycles. The van der Waals surface area contributed by atoms with Crippen LogP contribution in [0.25, 0.3) is 0 Å². The van der Waals surface area contributed by atoms with E-state index in [-0.39, 0.29) is 25.6 Å². The molecule has 1 aromatic carbocycles. The molecule has 1 heterocycles. The van der Waals surface area contributed by atoms with Crippen LogP contribution in [0.15, 0.2) is 24.3 Å². The predicted molar refractivity (Wildman–Crippen MR) is 104 cm³/mol. The van der Waals surface area contributed by atoms with Crippen LogP contribution in [-0.2, 0) is 23.9 Å². The van der Waals surface area contributed by atoms with Crippen LogP contribution < -0.4 is 15.1 Å². The highest BCUT2D eigenvalue weighted by molar-refractivity contribution is 6.07. The Morgan fingerprint density at radius 2 is 1.59 bits per heavy atom. The van der Waals surface area contributed by atoms with Gasteiger partial charge in [0.15, 0.2) is 0 Å². The number of ether oxygens (including phenoxy) is 2. The minimum absolute atomic E-state index is 0.0293. The molecule has 1 aliphatic heterocycles. The molecule has 9 heteroatoms. The second-order valence-electron chi connectivity index (χ2n) is 6.92. The summed E-state index contributed by atoms with van der Waals surface area (Å²) in [5.74, 6) is -2.44. The highest BCUT2D eigenvalue weighted by Gasteiger charge is 2.53. The van der Waals surface area contributed by atoms with Crippen molar-refractivity contribution in [3.8, 4) is 0 Å². The van der Waals surface area contributed by atoms with Crippen LogP contribution in [-0.4, -0.2) is 69.3 Å². The highest BCUT2D eigenvalue weighted by atomic mass is 19.1. The van der Waals surface area contributed by atoms with Gasteiger partial charge in [0.2, 0.25) is 5.91 Å². The number of esters is 2. The summed E-state index contributed by atoms with van der Waals surface area (Å²) >= 11 is 0. The summed E-state index contributed by atoms with van der Waals surface area (Å²) in [6, 6.07) is 6.27. The number of quaternary nitrogens is 1. The molecule has 1 saturated heterocycles. The average molecular weight is 410 g/mol. The summed E-state index contributed by atoms with van der Waals surface area (Å²) in [6.07, 6.45) is 0. The van der Waals surface area contributed by atoms with Gasteiger partial charge in [-0.15, -0.1) is 0 Å². The molecular weight excluding hydrogens is 381 g/mol. The third-order valence-corrected chi connectivity index (χ3v) is 4.81. The number of nitrogens with zero attached hydrogens (tertiary/aromatic N) is 1. The summed E-state index contributed by atoms with van der Waals surface area (Å²) in [6.45, 7) is 7.25. The molecule has 1 aliphatic rings. The Bertz CT molecular complexity index is 699. The van der Waals surface area contributed by atoms with Gasteiger partial charge in [-0.3, -0.25) is 4.79 Å². The summed E-state index contributed by atoms with van der Waals surface area (Å²) in [4.78, 5) is 40.3. The molecule has 29 heavy (non-hydrogen) atoms. The number of hydrogen-bond acceptors (Lipinski definition) is 6. The van der Waals surface area contributed by atoms with Crippen molar-refractivity contribution in [2.45, 2.75) is 26.3 Å². The summed E-state index contributed by atoms with van der Waals surface area (Å²) in [5, 5.41) is 2.49. The van der Waals surface area contributed by atoms with E-state index in [9.17, 15) is 18.8 Å². The Morgan fingerprint density at radius 3 is 2.03 bits per heavy atom. The van der Waals surface area contributed by atoms with Crippen LogP contribution in [0.3, 0.4) is 0 Å². The van der Waals surface area contributed by atoms with Crippen molar-refractivity contribution in [3.05, 3.63) is 30.1 Å². The normalized spacial score (nSPS) is 15.0. The number of carbonyl (C=O) groups is 3. The fraction of sp³-hybridized carbons (Fsp3) is 0.550. The van der Waals surface area contributed by atoms with Gasteiger partial charge in [0.1, 0.15) is 12.4 Å². The van der Waals surface area contributed by atoms with E-state index in [0.717, 1.165) is 10.6 Å². The lowest BCUT2D eigenvalue weighted by molar-refractivity contribution is -0.902. The first-order chi connectivity index (χ1) is 13.8. The Labute approximate surface area is 169 Å². The zero-order valence-electron chi connectivity index (χ0n) is 17.1. The maximum atomic E-state index is 13.1. The van der Waals surface area contributed by atoms with E-state index in [1.54, 1.807) is 26.0 Å². The summed E-state index contributed by atoms with van der Waals surface area (Å²) in [7, 11) is 0. The number of benzene rings is 1. The summed E-state index contributed by atoms with van der Waals surface area (Å²) < 4.78 is 23.3. The fourth-order valence-corrected chi connectivity index (χ4v) is 3.47. The molecule has 8 nitrogen and oxygen atoms in total. The Balaban J connectivity index is 2.15. The molecule has 1 amide bonds. The molecule has 0 atom stereocenters. The van der Waals surface area contributed by atoms with E-state index in [2.05, 4.69) is 10.2 Å². The fourth-order valence-electron chi connectivity index (χ4n) is 3.47. The van der Waals surface area contributed by atoms with E-state index in [1.807, 2.05) is 0 Å². The minimum atomic E-state index is -1.88. The molecule has 2 rings (SSSR count). The number of piperazine rings is 1. The van der Waals surface area contributed by atoms with E-state index in [0.29, 0.717) is 26.2 Å². The quantitative estimate of drug-likeness (QED) is 0.445. The lowest BCUT2D eigenvalue weighted by Crippen LogP contribution is -3.17. The molecule has 160 valence electrons. The van der Waals surface area contributed by atoms with Crippen LogP contribution in [0.5, 0.6) is 0 Å². The topological polar surface area (TPSA) is 89.4 Å². The molecule has 2 N–H and O–H groups in total. The number of nitrogens with one attached hydrogen (secondary N) is 2. The van der Waals surface area contributed by atoms with Gasteiger partial charge in [-0.2, -0.15) is 0 Å². The number of rotatable bonds is 8. The minimum Gasteiger partial charge on any atom is -0.464 e. The van der Waals surface area contributed by atoms with Gasteiger partial charge in [-0.05, 0) is 38.1 Å². The number of carbonyl (C=O) groups excluding carboxylic acids is 3. The van der Waals surface area contributed by atoms with Gasteiger partial charge >= 0.3 is 11.9 Å². The van der Waals surface area contributed by atoms with Crippen LogP contribution >= 0.6 is 0 Å². The molecule has 0 unspecified atom stereocenters. The third kappa shape index (κ3) is 5.66. The third-order valence-electron chi connectivity index (χ3n) is 4.81. The Kier molecular flexibility index (Phi) is 7.95. The highest BCUT2D eigenvalue weighted by Crippen LogP contribution is 2.15. The molecule has 1 fully saturated rings. The molecule has 0 aliphatic carbocycles. The van der Waals surface area contributed by atoms with E-state index in [1.165, 1.54) is 19.1 Å². The number of hydrogen-bond donors (Lipinski definition) is 2. The first-order valence-electron chi connectivity index (χ1n) is 9.79. The molecular formula is C20H29FN3O5+. The van der Waals surface area contributed by atoms with Gasteiger partial charge in [0.05, 0.1) is 39.4 Å². The van der Waals surface area contributed by atoms with Crippen LogP contribution in [0.2, 0.25) is 0 Å². The van der Waals surface area contributed by atoms with Gasteiger partial charge in [0, 0.05) is 12.6 Å². The number of amides is 1. The van der Waals surface area contributed by atoms with Crippen molar-refractivity contribution in [2.24, 2.45) is 0 Å². The number of halogens is 1. The molecule has 0 radical (unpaired) electrons. The Hall–Kier alpha value is -2.68. The van der Waals surface area contributed by atoms with E-state index < -0.39 is 23.4 Å².